The van der Waals surface area contributed by atoms with Crippen LogP contribution in [0.2, 0.25) is 0 Å². The van der Waals surface area contributed by atoms with Gasteiger partial charge in [-0.2, -0.15) is 0 Å². The number of rotatable bonds is 9. The van der Waals surface area contributed by atoms with Gasteiger partial charge in [0.05, 0.1) is 0 Å². The van der Waals surface area contributed by atoms with Crippen molar-refractivity contribution in [3.8, 4) is 0 Å². The van der Waals surface area contributed by atoms with Gasteiger partial charge in [0, 0.05) is 12.5 Å². The Morgan fingerprint density at radius 1 is 1.26 bits per heavy atom. The molecule has 1 heterocycles. The third-order valence-electron chi connectivity index (χ3n) is 3.09. The molecule has 1 aromatic rings. The fourth-order valence-corrected chi connectivity index (χ4v) is 1.98. The molecule has 0 saturated heterocycles. The van der Waals surface area contributed by atoms with E-state index >= 15 is 0 Å². The Bertz CT molecular complexity index is 375. The van der Waals surface area contributed by atoms with Crippen LogP contribution >= 0.6 is 0 Å². The van der Waals surface area contributed by atoms with E-state index in [1.165, 1.54) is 19.3 Å². The van der Waals surface area contributed by atoms with E-state index in [1.807, 2.05) is 6.92 Å². The standard InChI is InChI=1S/C14H26N4O/c1-4-6-7-8-10-11(3)15-14(19)13-16-12(9-5-2)17-18-13/h11H,4-10H2,1-3H3,(H,15,19)(H,16,17,18). The average molecular weight is 266 g/mol. The summed E-state index contributed by atoms with van der Waals surface area (Å²) in [6.07, 6.45) is 7.72. The predicted octanol–water partition coefficient (Wildman–Crippen LogP) is 2.85. The van der Waals surface area contributed by atoms with Crippen LogP contribution in [0.25, 0.3) is 0 Å². The number of aromatic amines is 1. The molecule has 0 spiro atoms. The largest absolute Gasteiger partial charge is 0.347 e. The van der Waals surface area contributed by atoms with Crippen LogP contribution in [0.4, 0.5) is 0 Å². The average Bonchev–Trinajstić information content (AvgIpc) is 2.84. The van der Waals surface area contributed by atoms with Gasteiger partial charge in [-0.15, -0.1) is 5.10 Å². The van der Waals surface area contributed by atoms with Gasteiger partial charge in [-0.1, -0.05) is 39.5 Å². The summed E-state index contributed by atoms with van der Waals surface area (Å²) in [5, 5.41) is 9.69. The Hall–Kier alpha value is -1.39. The molecule has 108 valence electrons. The Morgan fingerprint density at radius 3 is 2.74 bits per heavy atom. The van der Waals surface area contributed by atoms with Crippen molar-refractivity contribution in [2.45, 2.75) is 71.8 Å². The van der Waals surface area contributed by atoms with E-state index in [9.17, 15) is 4.79 Å². The number of hydrogen-bond donors (Lipinski definition) is 2. The number of nitrogens with zero attached hydrogens (tertiary/aromatic N) is 2. The lowest BCUT2D eigenvalue weighted by molar-refractivity contribution is 0.0927. The van der Waals surface area contributed by atoms with Crippen molar-refractivity contribution in [3.05, 3.63) is 11.6 Å². The predicted molar refractivity (Wildman–Crippen MR) is 76.1 cm³/mol. The third kappa shape index (κ3) is 5.85. The fraction of sp³-hybridized carbons (Fsp3) is 0.786. The quantitative estimate of drug-likeness (QED) is 0.675. The van der Waals surface area contributed by atoms with E-state index in [0.29, 0.717) is 0 Å². The number of amides is 1. The first-order valence-corrected chi connectivity index (χ1v) is 7.39. The fourth-order valence-electron chi connectivity index (χ4n) is 1.98. The van der Waals surface area contributed by atoms with Gasteiger partial charge in [0.1, 0.15) is 5.82 Å². The minimum Gasteiger partial charge on any atom is -0.347 e. The molecule has 0 fully saturated rings. The van der Waals surface area contributed by atoms with Gasteiger partial charge in [0.25, 0.3) is 5.91 Å². The zero-order chi connectivity index (χ0) is 14.1. The monoisotopic (exact) mass is 266 g/mol. The molecule has 0 saturated carbocycles. The zero-order valence-corrected chi connectivity index (χ0v) is 12.3. The maximum Gasteiger partial charge on any atom is 0.291 e. The van der Waals surface area contributed by atoms with Crippen molar-refractivity contribution < 1.29 is 4.79 Å². The second kappa shape index (κ2) is 8.67. The van der Waals surface area contributed by atoms with E-state index < -0.39 is 0 Å². The molecule has 1 unspecified atom stereocenters. The van der Waals surface area contributed by atoms with Crippen molar-refractivity contribution in [1.29, 1.82) is 0 Å². The lowest BCUT2D eigenvalue weighted by atomic mass is 10.1. The normalized spacial score (nSPS) is 12.4. The van der Waals surface area contributed by atoms with Crippen LogP contribution in [0, 0.1) is 0 Å². The number of H-pyrrole nitrogens is 1. The molecule has 0 aliphatic heterocycles. The van der Waals surface area contributed by atoms with Crippen LogP contribution in [0.15, 0.2) is 0 Å². The van der Waals surface area contributed by atoms with Crippen LogP contribution in [0.1, 0.15) is 75.7 Å². The zero-order valence-electron chi connectivity index (χ0n) is 12.3. The Kier molecular flexibility index (Phi) is 7.15. The van der Waals surface area contributed by atoms with Crippen molar-refractivity contribution in [2.24, 2.45) is 0 Å². The van der Waals surface area contributed by atoms with Gasteiger partial charge in [-0.05, 0) is 19.8 Å². The smallest absolute Gasteiger partial charge is 0.291 e. The topological polar surface area (TPSA) is 70.7 Å². The molecule has 0 radical (unpaired) electrons. The molecule has 1 aromatic heterocycles. The van der Waals surface area contributed by atoms with Gasteiger partial charge in [-0.3, -0.25) is 9.89 Å². The molecule has 1 rings (SSSR count). The lowest BCUT2D eigenvalue weighted by Gasteiger charge is -2.12. The van der Waals surface area contributed by atoms with Gasteiger partial charge in [0.15, 0.2) is 0 Å². The molecular weight excluding hydrogens is 240 g/mol. The molecule has 2 N–H and O–H groups in total. The Morgan fingerprint density at radius 2 is 2.05 bits per heavy atom. The number of unbranched alkanes of at least 4 members (excludes halogenated alkanes) is 3. The van der Waals surface area contributed by atoms with Gasteiger partial charge in [-0.25, -0.2) is 4.98 Å². The van der Waals surface area contributed by atoms with Crippen LogP contribution in [0.5, 0.6) is 0 Å². The first-order valence-electron chi connectivity index (χ1n) is 7.39. The highest BCUT2D eigenvalue weighted by Gasteiger charge is 2.14. The highest BCUT2D eigenvalue weighted by Crippen LogP contribution is 2.06. The van der Waals surface area contributed by atoms with E-state index in [4.69, 9.17) is 0 Å². The number of carbonyl (C=O) groups is 1. The summed E-state index contributed by atoms with van der Waals surface area (Å²) in [5.74, 6) is 0.855. The number of nitrogens with one attached hydrogen (secondary N) is 2. The third-order valence-corrected chi connectivity index (χ3v) is 3.09. The molecule has 0 aromatic carbocycles. The van der Waals surface area contributed by atoms with Gasteiger partial charge in [0.2, 0.25) is 5.82 Å². The number of aromatic nitrogens is 3. The van der Waals surface area contributed by atoms with Crippen molar-refractivity contribution in [2.75, 3.05) is 0 Å². The van der Waals surface area contributed by atoms with E-state index in [0.717, 1.165) is 31.5 Å². The second-order valence-electron chi connectivity index (χ2n) is 5.08. The van der Waals surface area contributed by atoms with Crippen LogP contribution in [-0.2, 0) is 6.42 Å². The minimum absolute atomic E-state index is 0.178. The summed E-state index contributed by atoms with van der Waals surface area (Å²) in [6, 6.07) is 0.178. The van der Waals surface area contributed by atoms with E-state index in [2.05, 4.69) is 34.3 Å². The summed E-state index contributed by atoms with van der Waals surface area (Å²) in [6.45, 7) is 6.30. The molecule has 0 aliphatic rings. The molecule has 0 bridgehead atoms. The number of carbonyl (C=O) groups excluding carboxylic acids is 1. The Balaban J connectivity index is 2.32. The molecule has 1 atom stereocenters. The first-order chi connectivity index (χ1) is 9.17. The van der Waals surface area contributed by atoms with Crippen LogP contribution in [-0.4, -0.2) is 27.1 Å². The molecule has 1 amide bonds. The highest BCUT2D eigenvalue weighted by atomic mass is 16.2. The maximum absolute atomic E-state index is 11.9. The minimum atomic E-state index is -0.179. The van der Waals surface area contributed by atoms with E-state index in [-0.39, 0.29) is 17.8 Å². The molecule has 5 nitrogen and oxygen atoms in total. The number of hydrogen-bond acceptors (Lipinski definition) is 3. The Labute approximate surface area is 115 Å². The van der Waals surface area contributed by atoms with Gasteiger partial charge >= 0.3 is 0 Å². The summed E-state index contributed by atoms with van der Waals surface area (Å²) < 4.78 is 0. The molecule has 19 heavy (non-hydrogen) atoms. The van der Waals surface area contributed by atoms with Crippen LogP contribution in [0.3, 0.4) is 0 Å². The molecule has 5 heteroatoms. The van der Waals surface area contributed by atoms with E-state index in [1.54, 1.807) is 0 Å². The second-order valence-corrected chi connectivity index (χ2v) is 5.08. The van der Waals surface area contributed by atoms with Crippen LogP contribution < -0.4 is 5.32 Å². The molecular formula is C14H26N4O. The maximum atomic E-state index is 11.9. The van der Waals surface area contributed by atoms with Crippen molar-refractivity contribution >= 4 is 5.91 Å². The lowest BCUT2D eigenvalue weighted by Crippen LogP contribution is -2.33. The summed E-state index contributed by atoms with van der Waals surface area (Å²) in [4.78, 5) is 16.1. The van der Waals surface area contributed by atoms with Crippen molar-refractivity contribution in [1.82, 2.24) is 20.5 Å². The summed E-state index contributed by atoms with van der Waals surface area (Å²) >= 11 is 0. The SMILES string of the molecule is CCCCCCC(C)NC(=O)c1n[nH]c(CCC)n1. The first kappa shape index (κ1) is 15.7. The summed E-state index contributed by atoms with van der Waals surface area (Å²) in [5.41, 5.74) is 0. The number of aryl methyl sites for hydroxylation is 1. The van der Waals surface area contributed by atoms with Crippen molar-refractivity contribution in [3.63, 3.8) is 0 Å². The van der Waals surface area contributed by atoms with Gasteiger partial charge < -0.3 is 5.32 Å². The summed E-state index contributed by atoms with van der Waals surface area (Å²) in [7, 11) is 0. The molecule has 0 aliphatic carbocycles. The highest BCUT2D eigenvalue weighted by molar-refractivity contribution is 5.90.